The van der Waals surface area contributed by atoms with Gasteiger partial charge in [-0.15, -0.1) is 0 Å². The fourth-order valence-electron chi connectivity index (χ4n) is 1.48. The quantitative estimate of drug-likeness (QED) is 0.665. The van der Waals surface area contributed by atoms with Crippen molar-refractivity contribution < 1.29 is 18.6 Å². The number of rotatable bonds is 6. The number of nitrogens with zero attached hydrogens (tertiary/aromatic N) is 1. The average molecular weight is 284 g/mol. The van der Waals surface area contributed by atoms with Crippen molar-refractivity contribution in [2.75, 3.05) is 13.2 Å². The Kier molecular flexibility index (Phi) is 5.03. The summed E-state index contributed by atoms with van der Waals surface area (Å²) < 4.78 is 26.1. The Morgan fingerprint density at radius 2 is 2.00 bits per heavy atom. The second-order valence-corrected chi connectivity index (χ2v) is 6.27. The van der Waals surface area contributed by atoms with Crippen molar-refractivity contribution in [1.82, 2.24) is 4.72 Å². The largest absolute Gasteiger partial charge is 0.394 e. The van der Waals surface area contributed by atoms with Crippen LogP contribution in [0.15, 0.2) is 24.3 Å². The standard InChI is InChI=1S/C12H16N2O4S/c1-12(8-15,9-16)14-19(17,18)7-11-4-2-3-10(5-11)6-13/h2-5,14-16H,7-9H2,1H3. The Morgan fingerprint density at radius 3 is 2.53 bits per heavy atom. The highest BCUT2D eigenvalue weighted by atomic mass is 32.2. The average Bonchev–Trinajstić information content (AvgIpc) is 2.37. The summed E-state index contributed by atoms with van der Waals surface area (Å²) in [5, 5.41) is 26.9. The van der Waals surface area contributed by atoms with Gasteiger partial charge in [-0.05, 0) is 24.6 Å². The van der Waals surface area contributed by atoms with Gasteiger partial charge in [0.2, 0.25) is 10.0 Å². The highest BCUT2D eigenvalue weighted by Crippen LogP contribution is 2.11. The maximum absolute atomic E-state index is 11.9. The van der Waals surface area contributed by atoms with Crippen molar-refractivity contribution >= 4 is 10.0 Å². The van der Waals surface area contributed by atoms with Crippen LogP contribution in [0.2, 0.25) is 0 Å². The summed E-state index contributed by atoms with van der Waals surface area (Å²) in [4.78, 5) is 0. The maximum Gasteiger partial charge on any atom is 0.216 e. The molecule has 0 aliphatic carbocycles. The lowest BCUT2D eigenvalue weighted by Crippen LogP contribution is -2.51. The molecule has 0 heterocycles. The lowest BCUT2D eigenvalue weighted by molar-refractivity contribution is 0.121. The van der Waals surface area contributed by atoms with Gasteiger partial charge < -0.3 is 10.2 Å². The third-order valence-electron chi connectivity index (χ3n) is 2.51. The number of aliphatic hydroxyl groups excluding tert-OH is 2. The number of nitrogens with one attached hydrogen (secondary N) is 1. The molecule has 7 heteroatoms. The minimum absolute atomic E-state index is 0.321. The zero-order valence-electron chi connectivity index (χ0n) is 10.5. The molecule has 1 rings (SSSR count). The van der Waals surface area contributed by atoms with Gasteiger partial charge in [0.25, 0.3) is 0 Å². The highest BCUT2D eigenvalue weighted by molar-refractivity contribution is 7.88. The second-order valence-electron chi connectivity index (χ2n) is 4.55. The van der Waals surface area contributed by atoms with E-state index in [1.54, 1.807) is 18.2 Å². The van der Waals surface area contributed by atoms with Crippen molar-refractivity contribution in [2.24, 2.45) is 0 Å². The Labute approximate surface area is 112 Å². The second kappa shape index (κ2) is 6.12. The van der Waals surface area contributed by atoms with Crippen LogP contribution in [0.5, 0.6) is 0 Å². The molecule has 19 heavy (non-hydrogen) atoms. The lowest BCUT2D eigenvalue weighted by atomic mass is 10.1. The van der Waals surface area contributed by atoms with E-state index in [-0.39, 0.29) is 5.75 Å². The zero-order valence-corrected chi connectivity index (χ0v) is 11.3. The van der Waals surface area contributed by atoms with Crippen LogP contribution in [0.3, 0.4) is 0 Å². The van der Waals surface area contributed by atoms with Crippen LogP contribution in [0.1, 0.15) is 18.1 Å². The van der Waals surface area contributed by atoms with Crippen LogP contribution in [0.25, 0.3) is 0 Å². The molecule has 0 aromatic heterocycles. The van der Waals surface area contributed by atoms with Crippen molar-refractivity contribution in [3.8, 4) is 6.07 Å². The summed E-state index contributed by atoms with van der Waals surface area (Å²) in [6.45, 7) is 0.373. The van der Waals surface area contributed by atoms with Gasteiger partial charge in [0.05, 0.1) is 36.1 Å². The molecule has 0 unspecified atom stereocenters. The predicted molar refractivity (Wildman–Crippen MR) is 69.5 cm³/mol. The molecule has 0 radical (unpaired) electrons. The van der Waals surface area contributed by atoms with E-state index < -0.39 is 28.8 Å². The van der Waals surface area contributed by atoms with E-state index in [4.69, 9.17) is 15.5 Å². The Balaban J connectivity index is 2.88. The fourth-order valence-corrected chi connectivity index (χ4v) is 3.05. The number of benzene rings is 1. The van der Waals surface area contributed by atoms with Crippen molar-refractivity contribution in [1.29, 1.82) is 5.26 Å². The molecule has 0 aliphatic heterocycles. The van der Waals surface area contributed by atoms with E-state index in [2.05, 4.69) is 4.72 Å². The smallest absolute Gasteiger partial charge is 0.216 e. The molecule has 0 saturated heterocycles. The molecule has 6 nitrogen and oxygen atoms in total. The first-order valence-corrected chi connectivity index (χ1v) is 7.22. The molecule has 104 valence electrons. The number of nitriles is 1. The Hall–Kier alpha value is -1.46. The highest BCUT2D eigenvalue weighted by Gasteiger charge is 2.28. The number of sulfonamides is 1. The van der Waals surface area contributed by atoms with E-state index in [1.807, 2.05) is 6.07 Å². The predicted octanol–water partition coefficient (Wildman–Crippen LogP) is -0.279. The van der Waals surface area contributed by atoms with Gasteiger partial charge in [-0.25, -0.2) is 13.1 Å². The van der Waals surface area contributed by atoms with E-state index >= 15 is 0 Å². The summed E-state index contributed by atoms with van der Waals surface area (Å²) >= 11 is 0. The molecule has 0 spiro atoms. The summed E-state index contributed by atoms with van der Waals surface area (Å²) in [6.07, 6.45) is 0. The van der Waals surface area contributed by atoms with Gasteiger partial charge in [-0.1, -0.05) is 12.1 Å². The van der Waals surface area contributed by atoms with Crippen LogP contribution in [0, 0.1) is 11.3 Å². The SMILES string of the molecule is CC(CO)(CO)NS(=O)(=O)Cc1cccc(C#N)c1. The molecule has 1 aromatic carbocycles. The van der Waals surface area contributed by atoms with Crippen LogP contribution in [0.4, 0.5) is 0 Å². The van der Waals surface area contributed by atoms with Gasteiger partial charge in [0, 0.05) is 0 Å². The van der Waals surface area contributed by atoms with E-state index in [0.717, 1.165) is 0 Å². The van der Waals surface area contributed by atoms with Crippen LogP contribution < -0.4 is 4.72 Å². The normalized spacial score (nSPS) is 12.1. The summed E-state index contributed by atoms with van der Waals surface area (Å²) in [5.74, 6) is -0.321. The summed E-state index contributed by atoms with van der Waals surface area (Å²) in [6, 6.07) is 8.18. The van der Waals surface area contributed by atoms with E-state index in [9.17, 15) is 8.42 Å². The first kappa shape index (κ1) is 15.6. The van der Waals surface area contributed by atoms with Gasteiger partial charge in [0.15, 0.2) is 0 Å². The van der Waals surface area contributed by atoms with Crippen molar-refractivity contribution in [2.45, 2.75) is 18.2 Å². The lowest BCUT2D eigenvalue weighted by Gasteiger charge is -2.25. The maximum atomic E-state index is 11.9. The molecular formula is C12H16N2O4S. The fraction of sp³-hybridized carbons (Fsp3) is 0.417. The third-order valence-corrected chi connectivity index (χ3v) is 4.03. The summed E-state index contributed by atoms with van der Waals surface area (Å²) in [7, 11) is -3.72. The molecule has 0 fully saturated rings. The Morgan fingerprint density at radius 1 is 1.37 bits per heavy atom. The minimum atomic E-state index is -3.72. The summed E-state index contributed by atoms with van der Waals surface area (Å²) in [5.41, 5.74) is -0.462. The van der Waals surface area contributed by atoms with Gasteiger partial charge >= 0.3 is 0 Å². The molecule has 0 aliphatic rings. The molecule has 0 atom stereocenters. The van der Waals surface area contributed by atoms with Crippen LogP contribution >= 0.6 is 0 Å². The van der Waals surface area contributed by atoms with Crippen LogP contribution in [-0.2, 0) is 15.8 Å². The number of aliphatic hydroxyl groups is 2. The monoisotopic (exact) mass is 284 g/mol. The minimum Gasteiger partial charge on any atom is -0.394 e. The van der Waals surface area contributed by atoms with E-state index in [1.165, 1.54) is 13.0 Å². The molecule has 1 aromatic rings. The molecule has 0 saturated carbocycles. The molecule has 0 amide bonds. The van der Waals surface area contributed by atoms with Crippen LogP contribution in [-0.4, -0.2) is 37.4 Å². The molecular weight excluding hydrogens is 268 g/mol. The topological polar surface area (TPSA) is 110 Å². The zero-order chi connectivity index (χ0) is 14.5. The van der Waals surface area contributed by atoms with Crippen molar-refractivity contribution in [3.63, 3.8) is 0 Å². The van der Waals surface area contributed by atoms with Gasteiger partial charge in [-0.3, -0.25) is 0 Å². The first-order chi connectivity index (χ1) is 8.84. The molecule has 3 N–H and O–H groups in total. The van der Waals surface area contributed by atoms with Gasteiger partial charge in [0.1, 0.15) is 0 Å². The van der Waals surface area contributed by atoms with Crippen molar-refractivity contribution in [3.05, 3.63) is 35.4 Å². The number of hydrogen-bond acceptors (Lipinski definition) is 5. The first-order valence-electron chi connectivity index (χ1n) is 5.56. The molecule has 0 bridgehead atoms. The number of hydrogen-bond donors (Lipinski definition) is 3. The van der Waals surface area contributed by atoms with E-state index in [0.29, 0.717) is 11.1 Å². The third kappa shape index (κ3) is 4.61. The van der Waals surface area contributed by atoms with Gasteiger partial charge in [-0.2, -0.15) is 5.26 Å². The Bertz CT molecular complexity index is 574.